The summed E-state index contributed by atoms with van der Waals surface area (Å²) in [6.07, 6.45) is 1.40. The van der Waals surface area contributed by atoms with Crippen molar-refractivity contribution >= 4 is 56.7 Å². The molecule has 2 heterocycles. The van der Waals surface area contributed by atoms with Gasteiger partial charge in [-0.15, -0.1) is 0 Å². The number of ether oxygens (including phenoxy) is 2. The van der Waals surface area contributed by atoms with Crippen molar-refractivity contribution in [3.63, 3.8) is 0 Å². The van der Waals surface area contributed by atoms with Crippen LogP contribution in [0.15, 0.2) is 58.3 Å². The average Bonchev–Trinajstić information content (AvgIpc) is 3.46. The lowest BCUT2D eigenvalue weighted by Gasteiger charge is -2.26. The summed E-state index contributed by atoms with van der Waals surface area (Å²) in [5.41, 5.74) is 1.30. The fourth-order valence-corrected chi connectivity index (χ4v) is 6.77. The monoisotopic (exact) mass is 528 g/mol. The Morgan fingerprint density at radius 2 is 1.14 bits per heavy atom. The normalized spacial score (nSPS) is 19.6. The van der Waals surface area contributed by atoms with E-state index in [4.69, 9.17) is 9.47 Å². The van der Waals surface area contributed by atoms with E-state index in [0.29, 0.717) is 24.2 Å². The number of hydrogen-bond donors (Lipinski definition) is 0. The molecule has 190 valence electrons. The number of hydrogen-bond acceptors (Lipinski definition) is 8. The van der Waals surface area contributed by atoms with Gasteiger partial charge in [0.25, 0.3) is 0 Å². The lowest BCUT2D eigenvalue weighted by molar-refractivity contribution is -0.145. The summed E-state index contributed by atoms with van der Waals surface area (Å²) in [5, 5.41) is 0. The van der Waals surface area contributed by atoms with Crippen LogP contribution in [-0.4, -0.2) is 49.1 Å². The molecule has 0 radical (unpaired) electrons. The second-order valence-electron chi connectivity index (χ2n) is 8.24. The molecule has 2 aliphatic heterocycles. The molecule has 0 N–H and O–H groups in total. The molecule has 0 aliphatic carbocycles. The predicted molar refractivity (Wildman–Crippen MR) is 139 cm³/mol. The van der Waals surface area contributed by atoms with Crippen LogP contribution in [0.4, 0.5) is 11.4 Å². The molecule has 8 nitrogen and oxygen atoms in total. The van der Waals surface area contributed by atoms with Crippen molar-refractivity contribution < 1.29 is 28.7 Å². The van der Waals surface area contributed by atoms with Gasteiger partial charge in [0.1, 0.15) is 12.1 Å². The van der Waals surface area contributed by atoms with Crippen LogP contribution in [0.25, 0.3) is 0 Å². The molecule has 2 aliphatic rings. The molecule has 10 heteroatoms. The summed E-state index contributed by atoms with van der Waals surface area (Å²) < 4.78 is 10.4. The van der Waals surface area contributed by atoms with Crippen LogP contribution in [0.2, 0.25) is 0 Å². The van der Waals surface area contributed by atoms with Gasteiger partial charge in [0, 0.05) is 22.6 Å². The van der Waals surface area contributed by atoms with Gasteiger partial charge in [-0.25, -0.2) is 9.59 Å². The van der Waals surface area contributed by atoms with Crippen LogP contribution in [0.3, 0.4) is 0 Å². The number of carbonyl (C=O) groups excluding carboxylic acids is 4. The van der Waals surface area contributed by atoms with Crippen LogP contribution in [0, 0.1) is 0 Å². The number of amides is 2. The lowest BCUT2D eigenvalue weighted by atomic mass is 10.2. The molecule has 2 fully saturated rings. The maximum Gasteiger partial charge on any atom is 0.329 e. The number of carbonyl (C=O) groups is 4. The van der Waals surface area contributed by atoms with Crippen molar-refractivity contribution in [2.45, 2.75) is 61.4 Å². The first-order valence-corrected chi connectivity index (χ1v) is 14.1. The highest BCUT2D eigenvalue weighted by Crippen LogP contribution is 2.47. The fraction of sp³-hybridized carbons (Fsp3) is 0.385. The minimum absolute atomic E-state index is 0.119. The third-order valence-corrected chi connectivity index (χ3v) is 8.47. The first-order chi connectivity index (χ1) is 17.5. The fourth-order valence-electron chi connectivity index (χ4n) is 4.44. The van der Waals surface area contributed by atoms with E-state index in [2.05, 4.69) is 0 Å². The quantitative estimate of drug-likeness (QED) is 0.344. The van der Waals surface area contributed by atoms with Crippen molar-refractivity contribution in [1.29, 1.82) is 0 Å². The summed E-state index contributed by atoms with van der Waals surface area (Å²) in [4.78, 5) is 55.2. The van der Waals surface area contributed by atoms with Crippen molar-refractivity contribution in [2.24, 2.45) is 0 Å². The van der Waals surface area contributed by atoms with Gasteiger partial charge in [0.2, 0.25) is 11.8 Å². The molecule has 2 saturated heterocycles. The second kappa shape index (κ2) is 11.8. The van der Waals surface area contributed by atoms with E-state index in [-0.39, 0.29) is 37.9 Å². The minimum atomic E-state index is -0.649. The van der Waals surface area contributed by atoms with Crippen LogP contribution in [-0.2, 0) is 28.7 Å². The molecular weight excluding hydrogens is 500 g/mol. The van der Waals surface area contributed by atoms with Gasteiger partial charge in [-0.2, -0.15) is 0 Å². The first-order valence-electron chi connectivity index (χ1n) is 12.0. The highest BCUT2D eigenvalue weighted by molar-refractivity contribution is 8.76. The van der Waals surface area contributed by atoms with Gasteiger partial charge in [0.05, 0.1) is 24.6 Å². The maximum atomic E-state index is 12.8. The Hall–Kier alpha value is -2.98. The number of esters is 2. The third kappa shape index (κ3) is 5.39. The van der Waals surface area contributed by atoms with Crippen LogP contribution in [0.1, 0.15) is 39.5 Å². The highest BCUT2D eigenvalue weighted by atomic mass is 33.1. The van der Waals surface area contributed by atoms with E-state index >= 15 is 0 Å². The van der Waals surface area contributed by atoms with Crippen molar-refractivity contribution in [2.75, 3.05) is 23.0 Å². The molecule has 4 rings (SSSR count). The zero-order chi connectivity index (χ0) is 25.7. The largest absolute Gasteiger partial charge is 0.464 e. The Bertz CT molecular complexity index is 1070. The van der Waals surface area contributed by atoms with E-state index in [0.717, 1.165) is 9.79 Å². The molecule has 2 aromatic rings. The molecule has 0 bridgehead atoms. The van der Waals surface area contributed by atoms with E-state index in [1.54, 1.807) is 13.8 Å². The van der Waals surface area contributed by atoms with Crippen LogP contribution >= 0.6 is 21.6 Å². The highest BCUT2D eigenvalue weighted by Gasteiger charge is 2.40. The van der Waals surface area contributed by atoms with Gasteiger partial charge in [-0.1, -0.05) is 45.9 Å². The smallest absolute Gasteiger partial charge is 0.329 e. The molecule has 2 amide bonds. The number of anilines is 2. The molecule has 2 atom stereocenters. The SMILES string of the molecule is CCOC(=O)C1CCC(=O)N1c1ccccc1SSc1ccccc1N1C(=O)CCC1C(=O)OCC. The summed E-state index contributed by atoms with van der Waals surface area (Å²) in [7, 11) is 2.85. The summed E-state index contributed by atoms with van der Waals surface area (Å²) in [6.45, 7) is 3.99. The Kier molecular flexibility index (Phi) is 8.58. The molecule has 36 heavy (non-hydrogen) atoms. The van der Waals surface area contributed by atoms with Gasteiger partial charge in [-0.05, 0) is 51.0 Å². The Morgan fingerprint density at radius 1 is 0.750 bits per heavy atom. The zero-order valence-electron chi connectivity index (χ0n) is 20.2. The Balaban J connectivity index is 1.59. The van der Waals surface area contributed by atoms with Gasteiger partial charge < -0.3 is 9.47 Å². The van der Waals surface area contributed by atoms with Crippen molar-refractivity contribution in [3.8, 4) is 0 Å². The van der Waals surface area contributed by atoms with Crippen LogP contribution < -0.4 is 9.80 Å². The molecule has 0 aromatic heterocycles. The second-order valence-corrected chi connectivity index (χ2v) is 10.5. The average molecular weight is 529 g/mol. The van der Waals surface area contributed by atoms with E-state index < -0.39 is 24.0 Å². The number of nitrogens with zero attached hydrogens (tertiary/aromatic N) is 2. The summed E-state index contributed by atoms with van der Waals surface area (Å²) in [6, 6.07) is 13.6. The number of rotatable bonds is 9. The zero-order valence-corrected chi connectivity index (χ0v) is 21.8. The van der Waals surface area contributed by atoms with Gasteiger partial charge in [0.15, 0.2) is 0 Å². The van der Waals surface area contributed by atoms with Gasteiger partial charge in [-0.3, -0.25) is 19.4 Å². The minimum Gasteiger partial charge on any atom is -0.464 e. The topological polar surface area (TPSA) is 93.2 Å². The first kappa shape index (κ1) is 26.1. The molecule has 2 unspecified atom stereocenters. The number of benzene rings is 2. The lowest BCUT2D eigenvalue weighted by Crippen LogP contribution is -2.40. The predicted octanol–water partition coefficient (Wildman–Crippen LogP) is 4.60. The molecule has 2 aromatic carbocycles. The number of para-hydroxylation sites is 2. The van der Waals surface area contributed by atoms with Gasteiger partial charge >= 0.3 is 11.9 Å². The molecule has 0 spiro atoms. The maximum absolute atomic E-state index is 12.8. The molecular formula is C26H28N2O6S2. The van der Waals surface area contributed by atoms with E-state index in [9.17, 15) is 19.2 Å². The van der Waals surface area contributed by atoms with E-state index in [1.165, 1.54) is 31.4 Å². The van der Waals surface area contributed by atoms with Crippen molar-refractivity contribution in [1.82, 2.24) is 0 Å². The Morgan fingerprint density at radius 3 is 1.53 bits per heavy atom. The molecule has 0 saturated carbocycles. The van der Waals surface area contributed by atoms with Crippen molar-refractivity contribution in [3.05, 3.63) is 48.5 Å². The third-order valence-electron chi connectivity index (χ3n) is 6.01. The standard InChI is InChI=1S/C26H28N2O6S2/c1-3-33-25(31)19-13-15-23(29)27(19)17-9-5-7-11-21(17)35-36-22-12-8-6-10-18(22)28-20(14-16-24(28)30)26(32)34-4-2/h5-12,19-20H,3-4,13-16H2,1-2H3. The summed E-state index contributed by atoms with van der Waals surface area (Å²) in [5.74, 6) is -1.05. The van der Waals surface area contributed by atoms with E-state index in [1.807, 2.05) is 48.5 Å². The van der Waals surface area contributed by atoms with Crippen LogP contribution in [0.5, 0.6) is 0 Å². The Labute approximate surface area is 218 Å². The summed E-state index contributed by atoms with van der Waals surface area (Å²) >= 11 is 0.